The third-order valence-corrected chi connectivity index (χ3v) is 5.62. The van der Waals surface area contributed by atoms with Gasteiger partial charge in [0.15, 0.2) is 0 Å². The Morgan fingerprint density at radius 3 is 2.50 bits per heavy atom. The molecule has 1 amide bonds. The number of furan rings is 1. The summed E-state index contributed by atoms with van der Waals surface area (Å²) in [6.45, 7) is 0.410. The van der Waals surface area contributed by atoms with Crippen LogP contribution >= 0.6 is 0 Å². The fourth-order valence-electron chi connectivity index (χ4n) is 4.04. The van der Waals surface area contributed by atoms with E-state index in [1.807, 2.05) is 36.4 Å². The molecule has 0 aliphatic heterocycles. The molecule has 1 aliphatic carbocycles. The third kappa shape index (κ3) is 4.45. The van der Waals surface area contributed by atoms with E-state index in [4.69, 9.17) is 4.42 Å². The van der Waals surface area contributed by atoms with Crippen molar-refractivity contribution in [2.45, 2.75) is 51.4 Å². The molecule has 1 saturated carbocycles. The number of hydrogen-bond acceptors (Lipinski definition) is 4. The Bertz CT molecular complexity index is 1090. The molecule has 0 N–H and O–H groups in total. The lowest BCUT2D eigenvalue weighted by atomic mass is 10.2. The van der Waals surface area contributed by atoms with E-state index >= 15 is 0 Å². The molecule has 7 nitrogen and oxygen atoms in total. The van der Waals surface area contributed by atoms with Crippen LogP contribution in [0.1, 0.15) is 37.0 Å². The number of benzene rings is 1. The highest BCUT2D eigenvalue weighted by Crippen LogP contribution is 2.25. The predicted octanol–water partition coefficient (Wildman–Crippen LogP) is 2.62. The molecule has 0 unspecified atom stereocenters. The lowest BCUT2D eigenvalue weighted by Crippen LogP contribution is -2.46. The zero-order valence-corrected chi connectivity index (χ0v) is 16.8. The van der Waals surface area contributed by atoms with Crippen molar-refractivity contribution in [2.75, 3.05) is 0 Å². The maximum Gasteiger partial charge on any atom is 0.331 e. The first-order valence-corrected chi connectivity index (χ1v) is 10.3. The minimum Gasteiger partial charge on any atom is -0.467 e. The number of carbonyl (C=O) groups excluding carboxylic acids is 1. The van der Waals surface area contributed by atoms with Gasteiger partial charge >= 0.3 is 5.69 Å². The molecule has 0 spiro atoms. The van der Waals surface area contributed by atoms with E-state index in [1.165, 1.54) is 16.8 Å². The van der Waals surface area contributed by atoms with Crippen molar-refractivity contribution in [2.24, 2.45) is 0 Å². The molecule has 30 heavy (non-hydrogen) atoms. The monoisotopic (exact) mass is 407 g/mol. The smallest absolute Gasteiger partial charge is 0.331 e. The zero-order valence-electron chi connectivity index (χ0n) is 16.8. The van der Waals surface area contributed by atoms with Gasteiger partial charge in [-0.05, 0) is 30.5 Å². The van der Waals surface area contributed by atoms with Crippen LogP contribution < -0.4 is 11.2 Å². The molecule has 0 bridgehead atoms. The standard InChI is InChI=1S/C23H25N3O4/c27-21-12-13-24(15-18-7-2-1-3-8-18)23(29)26(21)17-22(28)25(19-9-4-5-10-19)16-20-11-6-14-30-20/h1-3,6-8,11-14,19H,4-5,9-10,15-17H2. The van der Waals surface area contributed by atoms with Crippen LogP contribution in [0.15, 0.2) is 75.0 Å². The molecular formula is C23H25N3O4. The van der Waals surface area contributed by atoms with Crippen molar-refractivity contribution in [3.63, 3.8) is 0 Å². The Morgan fingerprint density at radius 2 is 1.80 bits per heavy atom. The predicted molar refractivity (Wildman–Crippen MR) is 112 cm³/mol. The van der Waals surface area contributed by atoms with Crippen molar-refractivity contribution in [3.8, 4) is 0 Å². The van der Waals surface area contributed by atoms with Crippen molar-refractivity contribution >= 4 is 5.91 Å². The molecule has 156 valence electrons. The van der Waals surface area contributed by atoms with Gasteiger partial charge in [0.25, 0.3) is 5.56 Å². The van der Waals surface area contributed by atoms with E-state index in [2.05, 4.69) is 0 Å². The van der Waals surface area contributed by atoms with E-state index in [9.17, 15) is 14.4 Å². The number of carbonyl (C=O) groups is 1. The number of amides is 1. The Labute approximate surface area is 174 Å². The maximum atomic E-state index is 13.2. The molecule has 2 heterocycles. The topological polar surface area (TPSA) is 77.5 Å². The lowest BCUT2D eigenvalue weighted by Gasteiger charge is -2.28. The molecule has 1 aliphatic rings. The molecule has 0 radical (unpaired) electrons. The SMILES string of the molecule is O=C(Cn1c(=O)ccn(Cc2ccccc2)c1=O)N(Cc1ccco1)C1CCCC1. The summed E-state index contributed by atoms with van der Waals surface area (Å²) < 4.78 is 7.91. The van der Waals surface area contributed by atoms with Crippen molar-refractivity contribution in [1.29, 1.82) is 0 Å². The van der Waals surface area contributed by atoms with Crippen LogP contribution in [0.5, 0.6) is 0 Å². The summed E-state index contributed by atoms with van der Waals surface area (Å²) in [5.74, 6) is 0.451. The van der Waals surface area contributed by atoms with Crippen LogP contribution in [0, 0.1) is 0 Å². The van der Waals surface area contributed by atoms with E-state index in [-0.39, 0.29) is 18.5 Å². The second kappa shape index (κ2) is 8.98. The second-order valence-electron chi connectivity index (χ2n) is 7.68. The molecule has 3 aromatic rings. The van der Waals surface area contributed by atoms with Gasteiger partial charge in [-0.1, -0.05) is 43.2 Å². The summed E-state index contributed by atoms with van der Waals surface area (Å²) in [4.78, 5) is 40.3. The average molecular weight is 407 g/mol. The summed E-state index contributed by atoms with van der Waals surface area (Å²) in [5, 5.41) is 0. The van der Waals surface area contributed by atoms with Crippen LogP contribution in [0.25, 0.3) is 0 Å². The van der Waals surface area contributed by atoms with Gasteiger partial charge in [0.1, 0.15) is 12.3 Å². The van der Waals surface area contributed by atoms with Gasteiger partial charge < -0.3 is 9.32 Å². The number of nitrogens with zero attached hydrogens (tertiary/aromatic N) is 3. The number of aromatic nitrogens is 2. The molecule has 2 aromatic heterocycles. The first-order valence-electron chi connectivity index (χ1n) is 10.3. The number of hydrogen-bond donors (Lipinski definition) is 0. The van der Waals surface area contributed by atoms with Crippen molar-refractivity contribution in [3.05, 3.63) is 93.2 Å². The Kier molecular flexibility index (Phi) is 5.97. The van der Waals surface area contributed by atoms with Gasteiger partial charge in [-0.2, -0.15) is 0 Å². The zero-order chi connectivity index (χ0) is 20.9. The summed E-state index contributed by atoms with van der Waals surface area (Å²) in [5.41, 5.74) is -0.00682. The highest BCUT2D eigenvalue weighted by molar-refractivity contribution is 5.76. The van der Waals surface area contributed by atoms with Gasteiger partial charge in [-0.15, -0.1) is 0 Å². The van der Waals surface area contributed by atoms with Gasteiger partial charge in [-0.25, -0.2) is 4.79 Å². The Hall–Kier alpha value is -3.35. The minimum atomic E-state index is -0.482. The van der Waals surface area contributed by atoms with Crippen LogP contribution in [0.4, 0.5) is 0 Å². The molecule has 1 aromatic carbocycles. The van der Waals surface area contributed by atoms with Gasteiger partial charge in [0.2, 0.25) is 5.91 Å². The molecular weight excluding hydrogens is 382 g/mol. The molecule has 4 rings (SSSR count). The second-order valence-corrected chi connectivity index (χ2v) is 7.68. The van der Waals surface area contributed by atoms with Crippen LogP contribution in [-0.2, 0) is 24.4 Å². The summed E-state index contributed by atoms with van der Waals surface area (Å²) in [7, 11) is 0. The largest absolute Gasteiger partial charge is 0.467 e. The first-order chi connectivity index (χ1) is 14.6. The quantitative estimate of drug-likeness (QED) is 0.603. The highest BCUT2D eigenvalue weighted by atomic mass is 16.3. The maximum absolute atomic E-state index is 13.2. The van der Waals surface area contributed by atoms with Crippen LogP contribution in [-0.4, -0.2) is 26.0 Å². The normalized spacial score (nSPS) is 14.1. The molecule has 0 saturated heterocycles. The highest BCUT2D eigenvalue weighted by Gasteiger charge is 2.28. The first kappa shape index (κ1) is 19.9. The van der Waals surface area contributed by atoms with E-state index < -0.39 is 11.2 Å². The average Bonchev–Trinajstić information content (AvgIpc) is 3.46. The van der Waals surface area contributed by atoms with Crippen molar-refractivity contribution in [1.82, 2.24) is 14.0 Å². The fraction of sp³-hybridized carbons (Fsp3) is 0.348. The Balaban J connectivity index is 1.58. The van der Waals surface area contributed by atoms with E-state index in [1.54, 1.807) is 17.2 Å². The number of rotatable bonds is 7. The summed E-state index contributed by atoms with van der Waals surface area (Å²) in [6.07, 6.45) is 7.05. The Morgan fingerprint density at radius 1 is 1.03 bits per heavy atom. The molecule has 1 fully saturated rings. The summed E-state index contributed by atoms with van der Waals surface area (Å²) in [6, 6.07) is 14.6. The minimum absolute atomic E-state index is 0.105. The van der Waals surface area contributed by atoms with Gasteiger partial charge in [0.05, 0.1) is 19.4 Å². The fourth-order valence-corrected chi connectivity index (χ4v) is 4.04. The third-order valence-electron chi connectivity index (χ3n) is 5.62. The van der Waals surface area contributed by atoms with E-state index in [0.717, 1.165) is 35.8 Å². The summed E-state index contributed by atoms with van der Waals surface area (Å²) >= 11 is 0. The lowest BCUT2D eigenvalue weighted by molar-refractivity contribution is -0.135. The molecule has 7 heteroatoms. The molecule has 0 atom stereocenters. The van der Waals surface area contributed by atoms with E-state index in [0.29, 0.717) is 18.8 Å². The van der Waals surface area contributed by atoms with Gasteiger partial charge in [0, 0.05) is 18.3 Å². The van der Waals surface area contributed by atoms with Crippen molar-refractivity contribution < 1.29 is 9.21 Å². The van der Waals surface area contributed by atoms with Gasteiger partial charge in [-0.3, -0.25) is 18.7 Å². The van der Waals surface area contributed by atoms with Crippen LogP contribution in [0.2, 0.25) is 0 Å². The van der Waals surface area contributed by atoms with Crippen LogP contribution in [0.3, 0.4) is 0 Å².